The van der Waals surface area contributed by atoms with Crippen molar-refractivity contribution in [1.82, 2.24) is 0 Å². The first-order valence-corrected chi connectivity index (χ1v) is 8.34. The quantitative estimate of drug-likeness (QED) is 0.827. The van der Waals surface area contributed by atoms with Crippen molar-refractivity contribution >= 4 is 38.8 Å². The van der Waals surface area contributed by atoms with Crippen molar-refractivity contribution in [3.8, 4) is 0 Å². The lowest BCUT2D eigenvalue weighted by atomic mass is 9.89. The third-order valence-corrected chi connectivity index (χ3v) is 5.16. The van der Waals surface area contributed by atoms with Crippen molar-refractivity contribution in [2.45, 2.75) is 37.8 Å². The monoisotopic (exact) mass is 354 g/mol. The minimum Gasteiger partial charge on any atom is -0.389 e. The summed E-state index contributed by atoms with van der Waals surface area (Å²) >= 11 is 8.63. The molecule has 1 saturated heterocycles. The zero-order chi connectivity index (χ0) is 14.1. The molecule has 2 unspecified atom stereocenters. The van der Waals surface area contributed by atoms with Crippen LogP contribution in [0.15, 0.2) is 22.7 Å². The molecule has 1 heterocycles. The smallest absolute Gasteiger partial charge is 0.105 e. The van der Waals surface area contributed by atoms with E-state index in [-0.39, 0.29) is 0 Å². The van der Waals surface area contributed by atoms with Crippen LogP contribution in [0.3, 0.4) is 0 Å². The number of ether oxygens (including phenoxy) is 1. The maximum atomic E-state index is 5.93. The Kier molecular flexibility index (Phi) is 4.29. The largest absolute Gasteiger partial charge is 0.389 e. The summed E-state index contributed by atoms with van der Waals surface area (Å²) < 4.78 is 6.91. The third kappa shape index (κ3) is 2.71. The fraction of sp³-hybridized carbons (Fsp3) is 0.533. The number of benzene rings is 1. The molecule has 1 aromatic rings. The summed E-state index contributed by atoms with van der Waals surface area (Å²) in [4.78, 5) is 2.92. The summed E-state index contributed by atoms with van der Waals surface area (Å²) in [6, 6.07) is 6.77. The van der Waals surface area contributed by atoms with E-state index in [1.165, 1.54) is 31.4 Å². The average molecular weight is 355 g/mol. The maximum Gasteiger partial charge on any atom is 0.105 e. The molecule has 0 radical (unpaired) electrons. The summed E-state index contributed by atoms with van der Waals surface area (Å²) in [5.41, 5.74) is 7.85. The Morgan fingerprint density at radius 3 is 2.90 bits per heavy atom. The lowest BCUT2D eigenvalue weighted by Gasteiger charge is -2.45. The summed E-state index contributed by atoms with van der Waals surface area (Å²) in [7, 11) is 0. The van der Waals surface area contributed by atoms with Gasteiger partial charge in [-0.15, -0.1) is 0 Å². The van der Waals surface area contributed by atoms with Gasteiger partial charge in [0, 0.05) is 22.3 Å². The van der Waals surface area contributed by atoms with Gasteiger partial charge in [-0.3, -0.25) is 0 Å². The van der Waals surface area contributed by atoms with E-state index in [9.17, 15) is 0 Å². The molecule has 0 amide bonds. The van der Waals surface area contributed by atoms with Crippen molar-refractivity contribution in [3.63, 3.8) is 0 Å². The number of hydrogen-bond acceptors (Lipinski definition) is 3. The fourth-order valence-electron chi connectivity index (χ4n) is 3.30. The number of anilines is 1. The number of rotatable bonds is 2. The van der Waals surface area contributed by atoms with Gasteiger partial charge < -0.3 is 15.4 Å². The van der Waals surface area contributed by atoms with Gasteiger partial charge in [0.25, 0.3) is 0 Å². The van der Waals surface area contributed by atoms with Gasteiger partial charge in [0.05, 0.1) is 18.8 Å². The molecule has 2 atom stereocenters. The number of fused-ring (bicyclic) bond motifs is 1. The Balaban J connectivity index is 1.87. The second kappa shape index (κ2) is 6.00. The van der Waals surface area contributed by atoms with Crippen LogP contribution in [0.4, 0.5) is 5.69 Å². The van der Waals surface area contributed by atoms with Gasteiger partial charge in [-0.2, -0.15) is 0 Å². The van der Waals surface area contributed by atoms with Crippen molar-refractivity contribution in [2.24, 2.45) is 5.73 Å². The highest BCUT2D eigenvalue weighted by Gasteiger charge is 2.34. The molecule has 20 heavy (non-hydrogen) atoms. The Morgan fingerprint density at radius 1 is 1.35 bits per heavy atom. The summed E-state index contributed by atoms with van der Waals surface area (Å²) in [5, 5.41) is 0. The SMILES string of the molecule is NC(=S)c1ccc(N2CCOC3CCCCC32)cc1Br. The van der Waals surface area contributed by atoms with E-state index in [0.717, 1.165) is 23.2 Å². The molecule has 1 aromatic carbocycles. The van der Waals surface area contributed by atoms with E-state index in [0.29, 0.717) is 17.1 Å². The fourth-order valence-corrected chi connectivity index (χ4v) is 4.19. The maximum absolute atomic E-state index is 5.93. The molecule has 3 nitrogen and oxygen atoms in total. The number of nitrogens with two attached hydrogens (primary N) is 1. The number of nitrogens with zero attached hydrogens (tertiary/aromatic N) is 1. The molecule has 3 rings (SSSR count). The Labute approximate surface area is 133 Å². The molecule has 108 valence electrons. The van der Waals surface area contributed by atoms with Gasteiger partial charge in [0.1, 0.15) is 4.99 Å². The van der Waals surface area contributed by atoms with Crippen LogP contribution in [-0.4, -0.2) is 30.3 Å². The van der Waals surface area contributed by atoms with Crippen LogP contribution in [0.1, 0.15) is 31.2 Å². The van der Waals surface area contributed by atoms with Crippen LogP contribution >= 0.6 is 28.1 Å². The lowest BCUT2D eigenvalue weighted by Crippen LogP contribution is -2.52. The van der Waals surface area contributed by atoms with E-state index < -0.39 is 0 Å². The highest BCUT2D eigenvalue weighted by molar-refractivity contribution is 9.10. The van der Waals surface area contributed by atoms with Gasteiger partial charge in [-0.05, 0) is 47.0 Å². The van der Waals surface area contributed by atoms with Gasteiger partial charge in [-0.1, -0.05) is 25.1 Å². The van der Waals surface area contributed by atoms with E-state index in [4.69, 9.17) is 22.7 Å². The molecule has 0 spiro atoms. The average Bonchev–Trinajstić information content (AvgIpc) is 2.46. The van der Waals surface area contributed by atoms with Crippen molar-refractivity contribution in [3.05, 3.63) is 28.2 Å². The first-order valence-electron chi connectivity index (χ1n) is 7.14. The van der Waals surface area contributed by atoms with Gasteiger partial charge in [0.2, 0.25) is 0 Å². The molecule has 1 saturated carbocycles. The number of morpholine rings is 1. The van der Waals surface area contributed by atoms with Gasteiger partial charge in [0.15, 0.2) is 0 Å². The van der Waals surface area contributed by atoms with Crippen molar-refractivity contribution < 1.29 is 4.74 Å². The summed E-state index contributed by atoms with van der Waals surface area (Å²) in [5.74, 6) is 0. The molecule has 1 aliphatic carbocycles. The highest BCUT2D eigenvalue weighted by atomic mass is 79.9. The highest BCUT2D eigenvalue weighted by Crippen LogP contribution is 2.33. The second-order valence-electron chi connectivity index (χ2n) is 5.48. The van der Waals surface area contributed by atoms with Crippen LogP contribution in [0.5, 0.6) is 0 Å². The number of hydrogen-bond donors (Lipinski definition) is 1. The Bertz CT molecular complexity index is 521. The molecule has 2 fully saturated rings. The predicted molar refractivity (Wildman–Crippen MR) is 89.4 cm³/mol. The molecular formula is C15H19BrN2OS. The summed E-state index contributed by atoms with van der Waals surface area (Å²) in [6.45, 7) is 1.77. The van der Waals surface area contributed by atoms with Crippen molar-refractivity contribution in [2.75, 3.05) is 18.1 Å². The Hall–Kier alpha value is -0.650. The first kappa shape index (κ1) is 14.3. The van der Waals surface area contributed by atoms with E-state index in [2.05, 4.69) is 33.0 Å². The Morgan fingerprint density at radius 2 is 2.15 bits per heavy atom. The topological polar surface area (TPSA) is 38.5 Å². The molecule has 0 aromatic heterocycles. The minimum atomic E-state index is 0.395. The zero-order valence-electron chi connectivity index (χ0n) is 11.3. The lowest BCUT2D eigenvalue weighted by molar-refractivity contribution is -0.00868. The normalized spacial score (nSPS) is 26.1. The van der Waals surface area contributed by atoms with Crippen LogP contribution in [0.2, 0.25) is 0 Å². The third-order valence-electron chi connectivity index (χ3n) is 4.28. The van der Waals surface area contributed by atoms with Gasteiger partial charge >= 0.3 is 0 Å². The second-order valence-corrected chi connectivity index (χ2v) is 6.78. The van der Waals surface area contributed by atoms with Crippen LogP contribution in [-0.2, 0) is 4.74 Å². The first-order chi connectivity index (χ1) is 9.66. The molecule has 5 heteroatoms. The molecular weight excluding hydrogens is 336 g/mol. The predicted octanol–water partition coefficient (Wildman–Crippen LogP) is 3.23. The van der Waals surface area contributed by atoms with E-state index >= 15 is 0 Å². The van der Waals surface area contributed by atoms with Crippen LogP contribution in [0, 0.1) is 0 Å². The number of halogens is 1. The molecule has 0 bridgehead atoms. The summed E-state index contributed by atoms with van der Waals surface area (Å²) in [6.07, 6.45) is 5.39. The zero-order valence-corrected chi connectivity index (χ0v) is 13.8. The van der Waals surface area contributed by atoms with Crippen molar-refractivity contribution in [1.29, 1.82) is 0 Å². The minimum absolute atomic E-state index is 0.395. The molecule has 1 aliphatic heterocycles. The van der Waals surface area contributed by atoms with E-state index in [1.54, 1.807) is 0 Å². The van der Waals surface area contributed by atoms with E-state index in [1.807, 2.05) is 6.07 Å². The molecule has 2 aliphatic rings. The van der Waals surface area contributed by atoms with Crippen LogP contribution in [0.25, 0.3) is 0 Å². The molecule has 2 N–H and O–H groups in total. The standard InChI is InChI=1S/C15H19BrN2OS/c16-12-9-10(5-6-11(12)15(17)20)18-7-8-19-14-4-2-1-3-13(14)18/h5-6,9,13-14H,1-4,7-8H2,(H2,17,20). The van der Waals surface area contributed by atoms with Gasteiger partial charge in [-0.25, -0.2) is 0 Å². The number of thiocarbonyl (C=S) groups is 1. The van der Waals surface area contributed by atoms with Crippen LogP contribution < -0.4 is 10.6 Å².